The second-order valence-electron chi connectivity index (χ2n) is 3.15. The maximum atomic E-state index is 11.7. The molecule has 3 heteroatoms. The molecule has 2 rings (SSSR count). The molecular weight excluding hydrogens is 196 g/mol. The van der Waals surface area contributed by atoms with E-state index in [-0.39, 0.29) is 5.78 Å². The van der Waals surface area contributed by atoms with Crippen molar-refractivity contribution in [2.75, 3.05) is 0 Å². The predicted molar refractivity (Wildman–Crippen MR) is 55.8 cm³/mol. The third-order valence-corrected chi connectivity index (χ3v) is 2.93. The number of carbonyl (C=O) groups excluding carboxylic acids is 1. The van der Waals surface area contributed by atoms with Crippen molar-refractivity contribution in [2.24, 2.45) is 0 Å². The third kappa shape index (κ3) is 1.77. The van der Waals surface area contributed by atoms with E-state index in [0.29, 0.717) is 6.42 Å². The van der Waals surface area contributed by atoms with E-state index in [2.05, 4.69) is 0 Å². The Balaban J connectivity index is 2.14. The quantitative estimate of drug-likeness (QED) is 0.722. The fraction of sp³-hybridized carbons (Fsp3) is 0.182. The molecule has 0 bridgehead atoms. The Morgan fingerprint density at radius 1 is 1.50 bits per heavy atom. The minimum absolute atomic E-state index is 0.124. The zero-order chi connectivity index (χ0) is 9.97. The van der Waals surface area contributed by atoms with Gasteiger partial charge < -0.3 is 4.42 Å². The Morgan fingerprint density at radius 3 is 2.93 bits per heavy atom. The first-order chi connectivity index (χ1) is 6.77. The van der Waals surface area contributed by atoms with E-state index in [9.17, 15) is 4.79 Å². The largest absolute Gasteiger partial charge is 0.469 e. The molecule has 0 radical (unpaired) electrons. The van der Waals surface area contributed by atoms with Gasteiger partial charge in [-0.25, -0.2) is 0 Å². The molecule has 0 atom stereocenters. The van der Waals surface area contributed by atoms with Crippen molar-refractivity contribution >= 4 is 17.1 Å². The number of Topliss-reactive ketones (excluding diaryl/α,β-unsaturated/α-hetero) is 1. The summed E-state index contributed by atoms with van der Waals surface area (Å²) in [6.07, 6.45) is 1.94. The minimum atomic E-state index is 0.124. The van der Waals surface area contributed by atoms with E-state index >= 15 is 0 Å². The molecule has 0 spiro atoms. The molecule has 2 aromatic heterocycles. The molecule has 0 N–H and O–H groups in total. The zero-order valence-corrected chi connectivity index (χ0v) is 8.64. The number of hydrogen-bond donors (Lipinski definition) is 0. The van der Waals surface area contributed by atoms with E-state index < -0.39 is 0 Å². The molecule has 0 aliphatic carbocycles. The highest BCUT2D eigenvalue weighted by Gasteiger charge is 2.11. The smallest absolute Gasteiger partial charge is 0.171 e. The topological polar surface area (TPSA) is 30.2 Å². The van der Waals surface area contributed by atoms with Crippen LogP contribution in [-0.2, 0) is 6.42 Å². The van der Waals surface area contributed by atoms with Crippen LogP contribution < -0.4 is 0 Å². The molecule has 2 heterocycles. The highest BCUT2D eigenvalue weighted by atomic mass is 32.1. The number of furan rings is 1. The fourth-order valence-corrected chi connectivity index (χ4v) is 2.17. The van der Waals surface area contributed by atoms with Crippen molar-refractivity contribution in [1.29, 1.82) is 0 Å². The number of carbonyl (C=O) groups is 1. The van der Waals surface area contributed by atoms with Gasteiger partial charge in [-0.15, -0.1) is 0 Å². The number of hydrogen-bond acceptors (Lipinski definition) is 3. The van der Waals surface area contributed by atoms with Crippen LogP contribution in [0.4, 0.5) is 0 Å². The van der Waals surface area contributed by atoms with E-state index in [1.165, 1.54) is 0 Å². The Bertz CT molecular complexity index is 426. The molecule has 0 unspecified atom stereocenters. The lowest BCUT2D eigenvalue weighted by atomic mass is 10.1. The molecule has 2 aromatic rings. The van der Waals surface area contributed by atoms with E-state index in [0.717, 1.165) is 16.9 Å². The van der Waals surface area contributed by atoms with Crippen LogP contribution in [0.2, 0.25) is 0 Å². The summed E-state index contributed by atoms with van der Waals surface area (Å²) in [6, 6.07) is 3.61. The molecule has 72 valence electrons. The van der Waals surface area contributed by atoms with E-state index in [1.807, 2.05) is 23.8 Å². The van der Waals surface area contributed by atoms with Gasteiger partial charge in [0.25, 0.3) is 0 Å². The summed E-state index contributed by atoms with van der Waals surface area (Å²) in [5.74, 6) is 0.847. The van der Waals surface area contributed by atoms with E-state index in [4.69, 9.17) is 4.42 Å². The summed E-state index contributed by atoms with van der Waals surface area (Å²) in [5, 5.41) is 3.87. The standard InChI is InChI=1S/C11H10O2S/c1-8-6-14-7-10(8)11(12)5-9-3-2-4-13-9/h2-4,6-7H,5H2,1H3. The SMILES string of the molecule is Cc1cscc1C(=O)Cc1ccco1. The average Bonchev–Trinajstić information content (AvgIpc) is 2.75. The van der Waals surface area contributed by atoms with Gasteiger partial charge in [0.2, 0.25) is 0 Å². The zero-order valence-electron chi connectivity index (χ0n) is 7.82. The summed E-state index contributed by atoms with van der Waals surface area (Å²) in [7, 11) is 0. The van der Waals surface area contributed by atoms with Crippen molar-refractivity contribution < 1.29 is 9.21 Å². The maximum absolute atomic E-state index is 11.7. The Hall–Kier alpha value is -1.35. The molecule has 0 aliphatic heterocycles. The summed E-state index contributed by atoms with van der Waals surface area (Å²) in [6.45, 7) is 1.95. The second kappa shape index (κ2) is 3.80. The van der Waals surface area contributed by atoms with Crippen LogP contribution in [-0.4, -0.2) is 5.78 Å². The molecule has 0 aliphatic rings. The van der Waals surface area contributed by atoms with Crippen LogP contribution in [0.25, 0.3) is 0 Å². The highest BCUT2D eigenvalue weighted by molar-refractivity contribution is 7.08. The van der Waals surface area contributed by atoms with Crippen LogP contribution in [0.5, 0.6) is 0 Å². The molecule has 0 aromatic carbocycles. The fourth-order valence-electron chi connectivity index (χ4n) is 1.31. The molecule has 0 fully saturated rings. The Morgan fingerprint density at radius 2 is 2.36 bits per heavy atom. The van der Waals surface area contributed by atoms with Gasteiger partial charge in [0, 0.05) is 10.9 Å². The third-order valence-electron chi connectivity index (χ3n) is 2.07. The summed E-state index contributed by atoms with van der Waals surface area (Å²) in [5.41, 5.74) is 1.86. The lowest BCUT2D eigenvalue weighted by molar-refractivity contribution is 0.0987. The van der Waals surface area contributed by atoms with Gasteiger partial charge >= 0.3 is 0 Å². The molecular formula is C11H10O2S. The first-order valence-electron chi connectivity index (χ1n) is 4.36. The van der Waals surface area contributed by atoms with Gasteiger partial charge in [-0.05, 0) is 30.0 Å². The number of rotatable bonds is 3. The van der Waals surface area contributed by atoms with Crippen molar-refractivity contribution in [1.82, 2.24) is 0 Å². The molecule has 14 heavy (non-hydrogen) atoms. The first-order valence-corrected chi connectivity index (χ1v) is 5.30. The van der Waals surface area contributed by atoms with Crippen LogP contribution in [0.15, 0.2) is 33.6 Å². The normalized spacial score (nSPS) is 10.4. The van der Waals surface area contributed by atoms with Crippen molar-refractivity contribution in [2.45, 2.75) is 13.3 Å². The van der Waals surface area contributed by atoms with Crippen molar-refractivity contribution in [3.05, 3.63) is 46.0 Å². The van der Waals surface area contributed by atoms with Gasteiger partial charge in [-0.2, -0.15) is 11.3 Å². The van der Waals surface area contributed by atoms with Gasteiger partial charge in [0.15, 0.2) is 5.78 Å². The Kier molecular flexibility index (Phi) is 2.50. The lowest BCUT2D eigenvalue weighted by Gasteiger charge is -1.96. The van der Waals surface area contributed by atoms with Gasteiger partial charge in [-0.1, -0.05) is 0 Å². The molecule has 2 nitrogen and oxygen atoms in total. The van der Waals surface area contributed by atoms with Crippen molar-refractivity contribution in [3.8, 4) is 0 Å². The number of thiophene rings is 1. The Labute approximate surface area is 86.2 Å². The van der Waals surface area contributed by atoms with Crippen LogP contribution in [0, 0.1) is 6.92 Å². The number of aryl methyl sites for hydroxylation is 1. The van der Waals surface area contributed by atoms with Gasteiger partial charge in [0.1, 0.15) is 5.76 Å². The van der Waals surface area contributed by atoms with Crippen LogP contribution in [0.3, 0.4) is 0 Å². The minimum Gasteiger partial charge on any atom is -0.469 e. The van der Waals surface area contributed by atoms with Crippen molar-refractivity contribution in [3.63, 3.8) is 0 Å². The average molecular weight is 206 g/mol. The summed E-state index contributed by atoms with van der Waals surface area (Å²) >= 11 is 1.56. The maximum Gasteiger partial charge on any atom is 0.171 e. The monoisotopic (exact) mass is 206 g/mol. The van der Waals surface area contributed by atoms with Gasteiger partial charge in [-0.3, -0.25) is 4.79 Å². The molecule has 0 saturated heterocycles. The summed E-state index contributed by atoms with van der Waals surface area (Å²) in [4.78, 5) is 11.7. The molecule has 0 amide bonds. The van der Waals surface area contributed by atoms with E-state index in [1.54, 1.807) is 23.7 Å². The second-order valence-corrected chi connectivity index (χ2v) is 3.89. The highest BCUT2D eigenvalue weighted by Crippen LogP contribution is 2.16. The molecule has 0 saturated carbocycles. The predicted octanol–water partition coefficient (Wildman–Crippen LogP) is 3.07. The van der Waals surface area contributed by atoms with Crippen LogP contribution >= 0.6 is 11.3 Å². The lowest BCUT2D eigenvalue weighted by Crippen LogP contribution is -2.02. The summed E-state index contributed by atoms with van der Waals surface area (Å²) < 4.78 is 5.12. The van der Waals surface area contributed by atoms with Crippen LogP contribution in [0.1, 0.15) is 21.7 Å². The first kappa shape index (κ1) is 9.21. The number of ketones is 1. The van der Waals surface area contributed by atoms with Gasteiger partial charge in [0.05, 0.1) is 12.7 Å².